The van der Waals surface area contributed by atoms with Crippen LogP contribution in [0.4, 0.5) is 0 Å². The summed E-state index contributed by atoms with van der Waals surface area (Å²) in [6.45, 7) is 0.0523. The Bertz CT molecular complexity index is 1250. The number of hydrogen-bond donors (Lipinski definition) is 0. The minimum Gasteiger partial charge on any atom is -0.459 e. The summed E-state index contributed by atoms with van der Waals surface area (Å²) in [5.41, 5.74) is 2.87. The normalized spacial score (nSPS) is 13.4. The molecule has 29 heavy (non-hydrogen) atoms. The van der Waals surface area contributed by atoms with Gasteiger partial charge in [-0.1, -0.05) is 59.6 Å². The van der Waals surface area contributed by atoms with E-state index >= 15 is 0 Å². The lowest BCUT2D eigenvalue weighted by Gasteiger charge is -2.11. The third kappa shape index (κ3) is 2.84. The van der Waals surface area contributed by atoms with E-state index in [-0.39, 0.29) is 18.4 Å². The molecule has 4 aromatic rings. The molecule has 0 N–H and O–H groups in total. The number of carbonyl (C=O) groups excluding carboxylic acids is 2. The minimum absolute atomic E-state index is 0.0523. The Morgan fingerprint density at radius 2 is 1.34 bits per heavy atom. The average molecular weight is 422 g/mol. The number of nitrogens with zero attached hydrogens (tertiary/aromatic N) is 1. The van der Waals surface area contributed by atoms with E-state index in [4.69, 9.17) is 27.6 Å². The van der Waals surface area contributed by atoms with E-state index in [0.717, 1.165) is 10.9 Å². The number of halogens is 2. The summed E-state index contributed by atoms with van der Waals surface area (Å²) in [6, 6.07) is 19.6. The third-order valence-corrected chi connectivity index (χ3v) is 5.65. The molecule has 0 spiro atoms. The molecule has 0 atom stereocenters. The maximum Gasteiger partial charge on any atom is 0.261 e. The van der Waals surface area contributed by atoms with E-state index in [1.807, 2.05) is 24.3 Å². The van der Waals surface area contributed by atoms with E-state index in [1.165, 1.54) is 4.90 Å². The highest BCUT2D eigenvalue weighted by Crippen LogP contribution is 2.39. The highest BCUT2D eigenvalue weighted by Gasteiger charge is 2.35. The summed E-state index contributed by atoms with van der Waals surface area (Å²) >= 11 is 12.7. The van der Waals surface area contributed by atoms with Crippen LogP contribution in [-0.4, -0.2) is 16.7 Å². The SMILES string of the molecule is O=C1c2ccccc2C(=O)N1Cc1cc2cccc(-c3c(Cl)cccc3Cl)c2o1. The van der Waals surface area contributed by atoms with Gasteiger partial charge in [0.15, 0.2) is 0 Å². The quantitative estimate of drug-likeness (QED) is 0.369. The topological polar surface area (TPSA) is 50.5 Å². The standard InChI is InChI=1S/C23H13Cl2NO3/c24-18-9-4-10-19(25)20(18)17-8-3-5-13-11-14(29-21(13)17)12-26-22(27)15-6-1-2-7-16(15)23(26)28/h1-11H,12H2. The first kappa shape index (κ1) is 18.0. The molecule has 0 unspecified atom stereocenters. The number of hydrogen-bond acceptors (Lipinski definition) is 3. The number of imide groups is 1. The molecule has 3 aromatic carbocycles. The monoisotopic (exact) mass is 421 g/mol. The van der Waals surface area contributed by atoms with Gasteiger partial charge in [-0.15, -0.1) is 0 Å². The lowest BCUT2D eigenvalue weighted by molar-refractivity contribution is 0.0632. The molecule has 2 heterocycles. The van der Waals surface area contributed by atoms with Crippen LogP contribution in [0.1, 0.15) is 26.5 Å². The van der Waals surface area contributed by atoms with Gasteiger partial charge in [0.25, 0.3) is 11.8 Å². The molecule has 1 aliphatic heterocycles. The Morgan fingerprint density at radius 3 is 2.00 bits per heavy atom. The number of para-hydroxylation sites is 1. The Hall–Kier alpha value is -3.08. The van der Waals surface area contributed by atoms with Gasteiger partial charge in [0.2, 0.25) is 0 Å². The second-order valence-corrected chi connectivity index (χ2v) is 7.59. The second kappa shape index (κ2) is 6.76. The zero-order chi connectivity index (χ0) is 20.1. The molecule has 5 rings (SSSR count). The second-order valence-electron chi connectivity index (χ2n) is 6.78. The van der Waals surface area contributed by atoms with E-state index in [9.17, 15) is 9.59 Å². The summed E-state index contributed by atoms with van der Waals surface area (Å²) in [5, 5.41) is 1.87. The van der Waals surface area contributed by atoms with Crippen LogP contribution in [0.15, 0.2) is 71.1 Å². The molecular weight excluding hydrogens is 409 g/mol. The van der Waals surface area contributed by atoms with E-state index in [0.29, 0.717) is 38.1 Å². The van der Waals surface area contributed by atoms with Crippen molar-refractivity contribution in [3.05, 3.63) is 93.7 Å². The van der Waals surface area contributed by atoms with E-state index < -0.39 is 0 Å². The molecule has 0 saturated heterocycles. The van der Waals surface area contributed by atoms with Gasteiger partial charge in [-0.25, -0.2) is 0 Å². The number of benzene rings is 3. The average Bonchev–Trinajstić information content (AvgIpc) is 3.23. The number of fused-ring (bicyclic) bond motifs is 2. The van der Waals surface area contributed by atoms with E-state index in [2.05, 4.69) is 0 Å². The van der Waals surface area contributed by atoms with Crippen LogP contribution in [0, 0.1) is 0 Å². The fraction of sp³-hybridized carbons (Fsp3) is 0.0435. The fourth-order valence-electron chi connectivity index (χ4n) is 3.68. The molecule has 0 fully saturated rings. The van der Waals surface area contributed by atoms with Crippen molar-refractivity contribution in [1.82, 2.24) is 4.90 Å². The van der Waals surface area contributed by atoms with Gasteiger partial charge in [-0.05, 0) is 30.3 Å². The highest BCUT2D eigenvalue weighted by atomic mass is 35.5. The highest BCUT2D eigenvalue weighted by molar-refractivity contribution is 6.39. The largest absolute Gasteiger partial charge is 0.459 e. The zero-order valence-corrected chi connectivity index (χ0v) is 16.5. The summed E-state index contributed by atoms with van der Waals surface area (Å²) in [6.07, 6.45) is 0. The van der Waals surface area contributed by atoms with Gasteiger partial charge in [-0.3, -0.25) is 14.5 Å². The molecule has 0 bridgehead atoms. The summed E-state index contributed by atoms with van der Waals surface area (Å²) in [5.74, 6) is -0.133. The molecule has 2 amide bonds. The number of amides is 2. The summed E-state index contributed by atoms with van der Waals surface area (Å²) < 4.78 is 6.06. The Kier molecular flexibility index (Phi) is 4.19. The minimum atomic E-state index is -0.319. The molecule has 1 aromatic heterocycles. The van der Waals surface area contributed by atoms with Crippen molar-refractivity contribution in [2.24, 2.45) is 0 Å². The van der Waals surface area contributed by atoms with Crippen molar-refractivity contribution in [2.45, 2.75) is 6.54 Å². The van der Waals surface area contributed by atoms with Gasteiger partial charge in [-0.2, -0.15) is 0 Å². The van der Waals surface area contributed by atoms with Crippen molar-refractivity contribution >= 4 is 46.0 Å². The Morgan fingerprint density at radius 1 is 0.759 bits per heavy atom. The van der Waals surface area contributed by atoms with Crippen LogP contribution in [0.3, 0.4) is 0 Å². The van der Waals surface area contributed by atoms with Crippen LogP contribution < -0.4 is 0 Å². The van der Waals surface area contributed by atoms with Gasteiger partial charge in [0, 0.05) is 16.5 Å². The van der Waals surface area contributed by atoms with Crippen LogP contribution in [0.5, 0.6) is 0 Å². The maximum atomic E-state index is 12.6. The lowest BCUT2D eigenvalue weighted by Crippen LogP contribution is -2.28. The molecule has 0 aliphatic carbocycles. The summed E-state index contributed by atoms with van der Waals surface area (Å²) in [7, 11) is 0. The van der Waals surface area contributed by atoms with Crippen LogP contribution in [0.2, 0.25) is 10.0 Å². The van der Waals surface area contributed by atoms with Crippen LogP contribution in [-0.2, 0) is 6.54 Å². The zero-order valence-electron chi connectivity index (χ0n) is 15.0. The van der Waals surface area contributed by atoms with Crippen molar-refractivity contribution in [3.8, 4) is 11.1 Å². The van der Waals surface area contributed by atoms with Gasteiger partial charge >= 0.3 is 0 Å². The first-order valence-corrected chi connectivity index (χ1v) is 9.71. The molecule has 6 heteroatoms. The molecule has 1 aliphatic rings. The van der Waals surface area contributed by atoms with Crippen molar-refractivity contribution < 1.29 is 14.0 Å². The van der Waals surface area contributed by atoms with Crippen molar-refractivity contribution in [3.63, 3.8) is 0 Å². The predicted octanol–water partition coefficient (Wildman–Crippen LogP) is 6.20. The van der Waals surface area contributed by atoms with Crippen molar-refractivity contribution in [1.29, 1.82) is 0 Å². The van der Waals surface area contributed by atoms with E-state index in [1.54, 1.807) is 42.5 Å². The number of furan rings is 1. The predicted molar refractivity (Wildman–Crippen MR) is 112 cm³/mol. The lowest BCUT2D eigenvalue weighted by atomic mass is 10.0. The van der Waals surface area contributed by atoms with Crippen molar-refractivity contribution in [2.75, 3.05) is 0 Å². The third-order valence-electron chi connectivity index (χ3n) is 5.02. The smallest absolute Gasteiger partial charge is 0.261 e. The Labute approximate surface area is 176 Å². The van der Waals surface area contributed by atoms with Gasteiger partial charge in [0.1, 0.15) is 11.3 Å². The van der Waals surface area contributed by atoms with Gasteiger partial charge < -0.3 is 4.42 Å². The molecule has 142 valence electrons. The van der Waals surface area contributed by atoms with Gasteiger partial charge in [0.05, 0.1) is 27.7 Å². The first-order chi connectivity index (χ1) is 14.0. The fourth-order valence-corrected chi connectivity index (χ4v) is 4.29. The van der Waals surface area contributed by atoms with Crippen LogP contribution >= 0.6 is 23.2 Å². The Balaban J connectivity index is 1.56. The summed E-state index contributed by atoms with van der Waals surface area (Å²) in [4.78, 5) is 26.5. The molecular formula is C23H13Cl2NO3. The first-order valence-electron chi connectivity index (χ1n) is 8.95. The maximum absolute atomic E-state index is 12.6. The molecule has 4 nitrogen and oxygen atoms in total. The molecule has 0 radical (unpaired) electrons. The number of carbonyl (C=O) groups is 2. The number of rotatable bonds is 3. The molecule has 0 saturated carbocycles. The van der Waals surface area contributed by atoms with Crippen LogP contribution in [0.25, 0.3) is 22.1 Å².